The van der Waals surface area contributed by atoms with Gasteiger partial charge in [-0.25, -0.2) is 0 Å². The molecule has 0 fully saturated rings. The van der Waals surface area contributed by atoms with Crippen molar-refractivity contribution in [1.82, 2.24) is 0 Å². The molecule has 0 atom stereocenters. The molecule has 0 nitrogen and oxygen atoms in total. The Kier molecular flexibility index (Phi) is 9.32. The van der Waals surface area contributed by atoms with E-state index >= 15 is 0 Å². The van der Waals surface area contributed by atoms with Gasteiger partial charge in [-0.2, -0.15) is 0 Å². The first-order valence-corrected chi connectivity index (χ1v) is 24.3. The Morgan fingerprint density at radius 3 is 0.786 bits per heavy atom. The predicted octanol–water partition coefficient (Wildman–Crippen LogP) is 19.8. The van der Waals surface area contributed by atoms with Crippen LogP contribution >= 0.6 is 0 Å². The van der Waals surface area contributed by atoms with Gasteiger partial charge in [-0.05, 0) is 173 Å². The van der Waals surface area contributed by atoms with E-state index in [0.29, 0.717) is 0 Å². The van der Waals surface area contributed by atoms with Crippen LogP contribution in [0.3, 0.4) is 0 Å². The van der Waals surface area contributed by atoms with Crippen LogP contribution in [0.25, 0.3) is 142 Å². The monoisotopic (exact) mass is 884 g/mol. The second kappa shape index (κ2) is 16.3. The SMILES string of the molecule is c1ccc(-c2c3ccccc3c(-c3ccc(-c4ccc5ccc(-c6ccc7ccc(-c8c9ccccc9c(-c9ccc%10ccccc%10c9)c9ccccc89)cc7c6)cc5c4)cc3)c3ccccc23)cc1. The first kappa shape index (κ1) is 40.0. The van der Waals surface area contributed by atoms with Gasteiger partial charge in [0.25, 0.3) is 0 Å². The van der Waals surface area contributed by atoms with E-state index < -0.39 is 0 Å². The van der Waals surface area contributed by atoms with E-state index in [9.17, 15) is 0 Å². The molecular weight excluding hydrogens is 841 g/mol. The van der Waals surface area contributed by atoms with Crippen LogP contribution in [0.1, 0.15) is 0 Å². The molecule has 0 N–H and O–H groups in total. The van der Waals surface area contributed by atoms with Gasteiger partial charge in [-0.3, -0.25) is 0 Å². The normalized spacial score (nSPS) is 11.7. The second-order valence-electron chi connectivity index (χ2n) is 18.7. The summed E-state index contributed by atoms with van der Waals surface area (Å²) < 4.78 is 0. The van der Waals surface area contributed by atoms with Gasteiger partial charge in [-0.15, -0.1) is 0 Å². The fraction of sp³-hybridized carbons (Fsp3) is 0. The van der Waals surface area contributed by atoms with Crippen molar-refractivity contribution in [3.63, 3.8) is 0 Å². The van der Waals surface area contributed by atoms with Crippen molar-refractivity contribution in [3.8, 4) is 66.8 Å². The van der Waals surface area contributed by atoms with Crippen molar-refractivity contribution in [3.05, 3.63) is 267 Å². The number of fused-ring (bicyclic) bond motifs is 7. The highest BCUT2D eigenvalue weighted by atomic mass is 14.2. The maximum absolute atomic E-state index is 2.40. The summed E-state index contributed by atoms with van der Waals surface area (Å²) in [6.07, 6.45) is 0. The molecule has 0 saturated carbocycles. The highest BCUT2D eigenvalue weighted by Gasteiger charge is 2.19. The lowest BCUT2D eigenvalue weighted by Gasteiger charge is -2.18. The van der Waals surface area contributed by atoms with Crippen LogP contribution in [0, 0.1) is 0 Å². The van der Waals surface area contributed by atoms with Crippen LogP contribution in [-0.4, -0.2) is 0 Å². The highest BCUT2D eigenvalue weighted by molar-refractivity contribution is 6.23. The zero-order chi connectivity index (χ0) is 46.1. The molecule has 0 heteroatoms. The summed E-state index contributed by atoms with van der Waals surface area (Å²) in [6.45, 7) is 0. The third-order valence-corrected chi connectivity index (χ3v) is 14.8. The third-order valence-electron chi connectivity index (χ3n) is 14.8. The van der Waals surface area contributed by atoms with Crippen molar-refractivity contribution in [2.75, 3.05) is 0 Å². The lowest BCUT2D eigenvalue weighted by molar-refractivity contribution is 1.62. The number of hydrogen-bond acceptors (Lipinski definition) is 0. The van der Waals surface area contributed by atoms with Crippen LogP contribution in [0.15, 0.2) is 267 Å². The fourth-order valence-electron chi connectivity index (χ4n) is 11.5. The van der Waals surface area contributed by atoms with E-state index in [-0.39, 0.29) is 0 Å². The standard InChI is InChI=1S/C70H44/c1-2-15-49(16-3-1)67-59-18-6-8-20-61(59)68(62-21-9-7-19-60(62)67)50-33-26-46(27-34-50)52-35-28-47-29-36-53(42-57(47)41-52)54-37-30-48-32-39-56(44-58(48)43-54)70-65-24-12-10-22-63(65)69(64-23-11-13-25-66(64)70)55-38-31-45-14-4-5-17-51(45)40-55/h1-44H. The first-order valence-electron chi connectivity index (χ1n) is 24.3. The molecular formula is C70H44. The van der Waals surface area contributed by atoms with E-state index in [1.165, 1.54) is 142 Å². The van der Waals surface area contributed by atoms with Crippen molar-refractivity contribution in [1.29, 1.82) is 0 Å². The lowest BCUT2D eigenvalue weighted by Crippen LogP contribution is -1.91. The van der Waals surface area contributed by atoms with Crippen LogP contribution in [0.5, 0.6) is 0 Å². The molecule has 0 aromatic heterocycles. The molecule has 0 unspecified atom stereocenters. The maximum Gasteiger partial charge on any atom is -0.00262 e. The minimum absolute atomic E-state index is 1.20. The van der Waals surface area contributed by atoms with Gasteiger partial charge < -0.3 is 0 Å². The van der Waals surface area contributed by atoms with Gasteiger partial charge in [0.05, 0.1) is 0 Å². The Labute approximate surface area is 407 Å². The first-order chi connectivity index (χ1) is 34.7. The van der Waals surface area contributed by atoms with Crippen molar-refractivity contribution < 1.29 is 0 Å². The van der Waals surface area contributed by atoms with Gasteiger partial charge in [0, 0.05) is 0 Å². The average molecular weight is 885 g/mol. The summed E-state index contributed by atoms with van der Waals surface area (Å²) >= 11 is 0. The zero-order valence-electron chi connectivity index (χ0n) is 38.4. The minimum Gasteiger partial charge on any atom is -0.0622 e. The predicted molar refractivity (Wildman–Crippen MR) is 302 cm³/mol. The van der Waals surface area contributed by atoms with Crippen LogP contribution in [0.2, 0.25) is 0 Å². The van der Waals surface area contributed by atoms with Crippen molar-refractivity contribution in [2.24, 2.45) is 0 Å². The van der Waals surface area contributed by atoms with E-state index in [4.69, 9.17) is 0 Å². The van der Waals surface area contributed by atoms with E-state index in [1.54, 1.807) is 0 Å². The van der Waals surface area contributed by atoms with E-state index in [2.05, 4.69) is 267 Å². The molecule has 324 valence electrons. The molecule has 0 aliphatic rings. The summed E-state index contributed by atoms with van der Waals surface area (Å²) in [5.41, 5.74) is 14.9. The summed E-state index contributed by atoms with van der Waals surface area (Å²) in [6, 6.07) is 98.9. The zero-order valence-corrected chi connectivity index (χ0v) is 38.4. The third kappa shape index (κ3) is 6.61. The molecule has 0 heterocycles. The summed E-state index contributed by atoms with van der Waals surface area (Å²) in [5, 5.41) is 17.6. The Bertz CT molecular complexity index is 4270. The summed E-state index contributed by atoms with van der Waals surface area (Å²) in [7, 11) is 0. The van der Waals surface area contributed by atoms with Crippen molar-refractivity contribution >= 4 is 75.4 Å². The number of rotatable bonds is 6. The van der Waals surface area contributed by atoms with Crippen LogP contribution < -0.4 is 0 Å². The maximum atomic E-state index is 2.40. The van der Waals surface area contributed by atoms with E-state index in [1.807, 2.05) is 0 Å². The Hall–Kier alpha value is -9.10. The molecule has 0 radical (unpaired) electrons. The molecule has 14 aromatic carbocycles. The fourth-order valence-corrected chi connectivity index (χ4v) is 11.5. The number of benzene rings is 14. The Morgan fingerprint density at radius 2 is 0.371 bits per heavy atom. The van der Waals surface area contributed by atoms with Crippen LogP contribution in [-0.2, 0) is 0 Å². The molecule has 0 aliphatic heterocycles. The molecule has 14 aromatic rings. The highest BCUT2D eigenvalue weighted by Crippen LogP contribution is 2.46. The van der Waals surface area contributed by atoms with Gasteiger partial charge >= 0.3 is 0 Å². The minimum atomic E-state index is 1.20. The molecule has 0 bridgehead atoms. The average Bonchev–Trinajstić information content (AvgIpc) is 3.43. The molecule has 0 saturated heterocycles. The molecule has 0 aliphatic carbocycles. The topological polar surface area (TPSA) is 0 Å². The molecule has 0 spiro atoms. The Morgan fingerprint density at radius 1 is 0.129 bits per heavy atom. The van der Waals surface area contributed by atoms with Crippen LogP contribution in [0.4, 0.5) is 0 Å². The summed E-state index contributed by atoms with van der Waals surface area (Å²) in [5.74, 6) is 0. The molecule has 70 heavy (non-hydrogen) atoms. The van der Waals surface area contributed by atoms with Gasteiger partial charge in [0.15, 0.2) is 0 Å². The van der Waals surface area contributed by atoms with E-state index in [0.717, 1.165) is 0 Å². The van der Waals surface area contributed by atoms with Crippen molar-refractivity contribution in [2.45, 2.75) is 0 Å². The number of hydrogen-bond donors (Lipinski definition) is 0. The Balaban J connectivity index is 0.828. The second-order valence-corrected chi connectivity index (χ2v) is 18.7. The lowest BCUT2D eigenvalue weighted by atomic mass is 9.85. The quantitative estimate of drug-likeness (QED) is 0.146. The van der Waals surface area contributed by atoms with Gasteiger partial charge in [-0.1, -0.05) is 237 Å². The van der Waals surface area contributed by atoms with Gasteiger partial charge in [0.1, 0.15) is 0 Å². The smallest absolute Gasteiger partial charge is 0.00262 e. The largest absolute Gasteiger partial charge is 0.0622 e. The molecule has 0 amide bonds. The summed E-state index contributed by atoms with van der Waals surface area (Å²) in [4.78, 5) is 0. The van der Waals surface area contributed by atoms with Gasteiger partial charge in [0.2, 0.25) is 0 Å². The molecule has 14 rings (SSSR count).